The Hall–Kier alpha value is -0.810. The number of thiazole rings is 1. The molecule has 1 unspecified atom stereocenters. The Labute approximate surface area is 138 Å². The summed E-state index contributed by atoms with van der Waals surface area (Å²) in [6.45, 7) is 3.57. The molecule has 6 heteroatoms. The van der Waals surface area contributed by atoms with Crippen molar-refractivity contribution in [1.82, 2.24) is 10.3 Å². The first-order chi connectivity index (χ1) is 10.1. The van der Waals surface area contributed by atoms with E-state index in [9.17, 15) is 0 Å². The average Bonchev–Trinajstić information content (AvgIpc) is 2.85. The van der Waals surface area contributed by atoms with Crippen LogP contribution in [0.5, 0.6) is 5.75 Å². The van der Waals surface area contributed by atoms with Crippen molar-refractivity contribution < 1.29 is 4.74 Å². The number of nitrogens with zero attached hydrogens (tertiary/aromatic N) is 1. The van der Waals surface area contributed by atoms with Crippen LogP contribution in [0.15, 0.2) is 17.5 Å². The van der Waals surface area contributed by atoms with Gasteiger partial charge in [0.05, 0.1) is 22.3 Å². The number of benzene rings is 1. The van der Waals surface area contributed by atoms with Gasteiger partial charge in [0.2, 0.25) is 0 Å². The molecular formula is C15H16Cl2N2OS. The molecule has 1 aliphatic heterocycles. The van der Waals surface area contributed by atoms with Gasteiger partial charge < -0.3 is 10.1 Å². The van der Waals surface area contributed by atoms with Gasteiger partial charge in [0.25, 0.3) is 0 Å². The van der Waals surface area contributed by atoms with Gasteiger partial charge in [0.1, 0.15) is 5.75 Å². The lowest BCUT2D eigenvalue weighted by Crippen LogP contribution is -2.28. The minimum Gasteiger partial charge on any atom is -0.492 e. The third-order valence-electron chi connectivity index (χ3n) is 3.50. The van der Waals surface area contributed by atoms with E-state index in [4.69, 9.17) is 27.9 Å². The van der Waals surface area contributed by atoms with Crippen LogP contribution in [0.2, 0.25) is 10.0 Å². The van der Waals surface area contributed by atoms with Gasteiger partial charge in [-0.1, -0.05) is 23.2 Å². The summed E-state index contributed by atoms with van der Waals surface area (Å²) in [5.74, 6) is 0.759. The molecule has 0 saturated heterocycles. The first-order valence-electron chi connectivity index (χ1n) is 6.89. The summed E-state index contributed by atoms with van der Waals surface area (Å²) < 4.78 is 5.67. The molecule has 112 valence electrons. The van der Waals surface area contributed by atoms with Crippen LogP contribution < -0.4 is 10.1 Å². The van der Waals surface area contributed by atoms with Crippen molar-refractivity contribution in [2.24, 2.45) is 0 Å². The first-order valence-corrected chi connectivity index (χ1v) is 8.53. The Morgan fingerprint density at radius 3 is 3.05 bits per heavy atom. The lowest BCUT2D eigenvalue weighted by Gasteiger charge is -2.27. The van der Waals surface area contributed by atoms with Crippen molar-refractivity contribution in [2.45, 2.75) is 25.8 Å². The zero-order valence-electron chi connectivity index (χ0n) is 11.7. The molecule has 0 bridgehead atoms. The molecule has 21 heavy (non-hydrogen) atoms. The number of aryl methyl sites for hydroxylation is 1. The number of hydrogen-bond donors (Lipinski definition) is 1. The topological polar surface area (TPSA) is 34.2 Å². The Kier molecular flexibility index (Phi) is 4.69. The van der Waals surface area contributed by atoms with Crippen molar-refractivity contribution in [1.29, 1.82) is 0 Å². The summed E-state index contributed by atoms with van der Waals surface area (Å²) in [6.07, 6.45) is 1.84. The van der Waals surface area contributed by atoms with Gasteiger partial charge in [-0.25, -0.2) is 4.98 Å². The van der Waals surface area contributed by atoms with E-state index in [1.807, 2.05) is 13.0 Å². The predicted molar refractivity (Wildman–Crippen MR) is 87.9 cm³/mol. The quantitative estimate of drug-likeness (QED) is 0.893. The van der Waals surface area contributed by atoms with Crippen LogP contribution in [-0.4, -0.2) is 18.1 Å². The highest BCUT2D eigenvalue weighted by atomic mass is 35.5. The Morgan fingerprint density at radius 1 is 1.43 bits per heavy atom. The zero-order valence-corrected chi connectivity index (χ0v) is 14.0. The molecule has 0 spiro atoms. The van der Waals surface area contributed by atoms with E-state index in [0.717, 1.165) is 41.4 Å². The molecule has 3 rings (SSSR count). The van der Waals surface area contributed by atoms with Gasteiger partial charge in [0.15, 0.2) is 0 Å². The Bertz CT molecular complexity index is 645. The number of fused-ring (bicyclic) bond motifs is 1. The van der Waals surface area contributed by atoms with Gasteiger partial charge in [-0.05, 0) is 19.1 Å². The monoisotopic (exact) mass is 342 g/mol. The molecule has 1 aromatic heterocycles. The highest BCUT2D eigenvalue weighted by Gasteiger charge is 2.23. The van der Waals surface area contributed by atoms with Crippen molar-refractivity contribution in [3.63, 3.8) is 0 Å². The summed E-state index contributed by atoms with van der Waals surface area (Å²) >= 11 is 14.0. The second kappa shape index (κ2) is 6.53. The van der Waals surface area contributed by atoms with Gasteiger partial charge in [-0.15, -0.1) is 11.3 Å². The fourth-order valence-electron chi connectivity index (χ4n) is 2.54. The van der Waals surface area contributed by atoms with Gasteiger partial charge in [0, 0.05) is 41.4 Å². The zero-order chi connectivity index (χ0) is 14.8. The molecule has 0 saturated carbocycles. The molecule has 2 heterocycles. The van der Waals surface area contributed by atoms with Crippen LogP contribution in [0, 0.1) is 6.92 Å². The lowest BCUT2D eigenvalue weighted by molar-refractivity contribution is 0.253. The van der Waals surface area contributed by atoms with Gasteiger partial charge >= 0.3 is 0 Å². The second-order valence-electron chi connectivity index (χ2n) is 5.06. The number of hydrogen-bond acceptors (Lipinski definition) is 4. The lowest BCUT2D eigenvalue weighted by atomic mass is 10.0. The molecule has 1 atom stereocenters. The van der Waals surface area contributed by atoms with Gasteiger partial charge in [-0.3, -0.25) is 0 Å². The molecule has 3 nitrogen and oxygen atoms in total. The highest BCUT2D eigenvalue weighted by molar-refractivity contribution is 7.09. The van der Waals surface area contributed by atoms with Crippen molar-refractivity contribution in [3.05, 3.63) is 43.8 Å². The summed E-state index contributed by atoms with van der Waals surface area (Å²) in [5, 5.41) is 8.01. The minimum absolute atomic E-state index is 0.227. The van der Waals surface area contributed by atoms with E-state index in [1.54, 1.807) is 17.4 Å². The van der Waals surface area contributed by atoms with E-state index in [-0.39, 0.29) is 6.04 Å². The van der Waals surface area contributed by atoms with E-state index in [2.05, 4.69) is 15.7 Å². The van der Waals surface area contributed by atoms with Crippen molar-refractivity contribution in [3.8, 4) is 5.75 Å². The SMILES string of the molecule is Cc1nc(CCNC2CCOc3c(Cl)cc(Cl)cc32)cs1. The molecule has 1 N–H and O–H groups in total. The second-order valence-corrected chi connectivity index (χ2v) is 6.96. The molecular weight excluding hydrogens is 327 g/mol. The van der Waals surface area contributed by atoms with Crippen molar-refractivity contribution in [2.75, 3.05) is 13.2 Å². The normalized spacial score (nSPS) is 17.4. The molecule has 1 aromatic carbocycles. The number of ether oxygens (including phenoxy) is 1. The summed E-state index contributed by atoms with van der Waals surface area (Å²) in [4.78, 5) is 4.48. The third-order valence-corrected chi connectivity index (χ3v) is 4.83. The molecule has 0 amide bonds. The minimum atomic E-state index is 0.227. The van der Waals surface area contributed by atoms with Gasteiger partial charge in [-0.2, -0.15) is 0 Å². The summed E-state index contributed by atoms with van der Waals surface area (Å²) in [5.41, 5.74) is 2.19. The Morgan fingerprint density at radius 2 is 2.29 bits per heavy atom. The number of aromatic nitrogens is 1. The largest absolute Gasteiger partial charge is 0.492 e. The molecule has 0 radical (unpaired) electrons. The van der Waals surface area contributed by atoms with Crippen LogP contribution in [0.1, 0.15) is 28.7 Å². The number of rotatable bonds is 4. The van der Waals surface area contributed by atoms with Crippen molar-refractivity contribution >= 4 is 34.5 Å². The predicted octanol–water partition coefficient (Wildman–Crippen LogP) is 4.41. The van der Waals surface area contributed by atoms with E-state index in [0.29, 0.717) is 16.7 Å². The van der Waals surface area contributed by atoms with Crippen LogP contribution >= 0.6 is 34.5 Å². The maximum absolute atomic E-state index is 6.20. The molecule has 0 fully saturated rings. The summed E-state index contributed by atoms with van der Waals surface area (Å²) in [6, 6.07) is 3.89. The van der Waals surface area contributed by atoms with E-state index in [1.165, 1.54) is 0 Å². The highest BCUT2D eigenvalue weighted by Crippen LogP contribution is 2.39. The molecule has 1 aliphatic rings. The summed E-state index contributed by atoms with van der Waals surface area (Å²) in [7, 11) is 0. The number of halogens is 2. The first kappa shape index (κ1) is 15.1. The smallest absolute Gasteiger partial charge is 0.142 e. The maximum atomic E-state index is 6.20. The molecule has 2 aromatic rings. The third kappa shape index (κ3) is 3.51. The van der Waals surface area contributed by atoms with Crippen LogP contribution in [-0.2, 0) is 6.42 Å². The molecule has 0 aliphatic carbocycles. The fraction of sp³-hybridized carbons (Fsp3) is 0.400. The average molecular weight is 343 g/mol. The fourth-order valence-corrected chi connectivity index (χ4v) is 3.75. The van der Waals surface area contributed by atoms with E-state index >= 15 is 0 Å². The maximum Gasteiger partial charge on any atom is 0.142 e. The van der Waals surface area contributed by atoms with E-state index < -0.39 is 0 Å². The standard InChI is InChI=1S/C15H16Cl2N2OS/c1-9-19-11(8-21-9)2-4-18-14-3-5-20-15-12(14)6-10(16)7-13(15)17/h6-8,14,18H,2-5H2,1H3. The Balaban J connectivity index is 1.67. The van der Waals surface area contributed by atoms with Crippen LogP contribution in [0.25, 0.3) is 0 Å². The van der Waals surface area contributed by atoms with Crippen LogP contribution in [0.4, 0.5) is 0 Å². The number of nitrogens with one attached hydrogen (secondary N) is 1. The van der Waals surface area contributed by atoms with Crippen LogP contribution in [0.3, 0.4) is 0 Å².